The first kappa shape index (κ1) is 38.4. The van der Waals surface area contributed by atoms with Gasteiger partial charge in [-0.15, -0.1) is 10.2 Å². The van der Waals surface area contributed by atoms with Crippen LogP contribution in [-0.2, 0) is 35.8 Å². The predicted octanol–water partition coefficient (Wildman–Crippen LogP) is 4.24. The molecule has 5 aliphatic rings. The van der Waals surface area contributed by atoms with Crippen molar-refractivity contribution in [2.24, 2.45) is 33.4 Å². The number of benzene rings is 2. The molecule has 4 amide bonds. The van der Waals surface area contributed by atoms with Crippen molar-refractivity contribution in [2.75, 3.05) is 6.44 Å². The lowest BCUT2D eigenvalue weighted by Gasteiger charge is -2.64. The number of hydrogen-bond donors (Lipinski definition) is 4. The van der Waals surface area contributed by atoms with Gasteiger partial charge < -0.3 is 30.6 Å². The number of rotatable bonds is 13. The van der Waals surface area contributed by atoms with Crippen molar-refractivity contribution in [1.82, 2.24) is 21.3 Å². The molecule has 2 heterocycles. The van der Waals surface area contributed by atoms with Gasteiger partial charge >= 0.3 is 19.0 Å². The van der Waals surface area contributed by atoms with E-state index < -0.39 is 72.2 Å². The highest BCUT2D eigenvalue weighted by Gasteiger charge is 2.68. The number of alkyl halides is 3. The first-order chi connectivity index (χ1) is 24.9. The van der Waals surface area contributed by atoms with E-state index in [1.54, 1.807) is 38.1 Å². The summed E-state index contributed by atoms with van der Waals surface area (Å²) < 4.78 is 52.8. The van der Waals surface area contributed by atoms with Gasteiger partial charge in [-0.25, -0.2) is 0 Å². The molecule has 284 valence electrons. The summed E-state index contributed by atoms with van der Waals surface area (Å²) in [6.45, 7) is 11.6. The zero-order valence-electron chi connectivity index (χ0n) is 30.6. The molecule has 2 aromatic carbocycles. The van der Waals surface area contributed by atoms with Crippen molar-refractivity contribution in [3.8, 4) is 0 Å². The Morgan fingerprint density at radius 1 is 0.887 bits per heavy atom. The van der Waals surface area contributed by atoms with Crippen molar-refractivity contribution >= 4 is 30.7 Å². The molecular formula is C37H46BF3N6O6. The van der Waals surface area contributed by atoms with Crippen LogP contribution >= 0.6 is 0 Å². The second kappa shape index (κ2) is 14.2. The lowest BCUT2D eigenvalue weighted by atomic mass is 9.43. The van der Waals surface area contributed by atoms with Crippen LogP contribution < -0.4 is 21.3 Å². The number of nitrogens with zero attached hydrogens (tertiary/aromatic N) is 2. The van der Waals surface area contributed by atoms with Gasteiger partial charge in [0, 0.05) is 17.5 Å². The SMILES string of the molecule is CC(C)[C@H](NC(=O)c1ccc(C2(C(F)(F)F)N=N2)cc1)C(=O)N[C@@H](Cc1ccccc1)C(=O)N[C@@H](C)C(=O)NCB1O[C@@H]2CC3CC(C3(C)C)[C@]2(C)O1. The number of nitrogens with one attached hydrogen (secondary N) is 4. The molecule has 53 heavy (non-hydrogen) atoms. The van der Waals surface area contributed by atoms with E-state index in [1.807, 2.05) is 6.07 Å². The van der Waals surface area contributed by atoms with E-state index in [4.69, 9.17) is 9.31 Å². The molecule has 7 atom stereocenters. The highest BCUT2D eigenvalue weighted by atomic mass is 19.4. The molecule has 2 aromatic rings. The highest BCUT2D eigenvalue weighted by Crippen LogP contribution is 2.65. The van der Waals surface area contributed by atoms with E-state index >= 15 is 0 Å². The Morgan fingerprint density at radius 2 is 1.55 bits per heavy atom. The predicted molar refractivity (Wildman–Crippen MR) is 188 cm³/mol. The van der Waals surface area contributed by atoms with Crippen LogP contribution in [0.3, 0.4) is 0 Å². The monoisotopic (exact) mass is 738 g/mol. The summed E-state index contributed by atoms with van der Waals surface area (Å²) in [5.41, 5.74) is -2.33. The fourth-order valence-electron chi connectivity index (χ4n) is 8.13. The number of amides is 4. The molecule has 4 fully saturated rings. The molecule has 3 saturated carbocycles. The molecule has 2 aliphatic heterocycles. The van der Waals surface area contributed by atoms with E-state index in [0.29, 0.717) is 11.8 Å². The van der Waals surface area contributed by atoms with Crippen LogP contribution in [0.4, 0.5) is 13.2 Å². The highest BCUT2D eigenvalue weighted by molar-refractivity contribution is 6.46. The second-order valence-corrected chi connectivity index (χ2v) is 15.8. The van der Waals surface area contributed by atoms with Crippen molar-refractivity contribution in [2.45, 2.75) is 102 Å². The smallest absolute Gasteiger partial charge is 0.404 e. The molecule has 0 radical (unpaired) electrons. The van der Waals surface area contributed by atoms with Crippen molar-refractivity contribution < 1.29 is 41.7 Å². The lowest BCUT2D eigenvalue weighted by molar-refractivity contribution is -0.199. The zero-order valence-corrected chi connectivity index (χ0v) is 30.6. The maximum absolute atomic E-state index is 13.7. The number of hydrogen-bond acceptors (Lipinski definition) is 8. The average molecular weight is 739 g/mol. The Kier molecular flexibility index (Phi) is 10.3. The van der Waals surface area contributed by atoms with Crippen LogP contribution in [-0.4, -0.2) is 73.2 Å². The van der Waals surface area contributed by atoms with Crippen LogP contribution in [0.25, 0.3) is 0 Å². The largest absolute Gasteiger partial charge is 0.478 e. The third-order valence-electron chi connectivity index (χ3n) is 11.6. The molecule has 2 unspecified atom stereocenters. The summed E-state index contributed by atoms with van der Waals surface area (Å²) >= 11 is 0. The van der Waals surface area contributed by atoms with Gasteiger partial charge in [-0.2, -0.15) is 13.2 Å². The van der Waals surface area contributed by atoms with Gasteiger partial charge in [0.25, 0.3) is 5.91 Å². The summed E-state index contributed by atoms with van der Waals surface area (Å²) in [6, 6.07) is 10.4. The Balaban J connectivity index is 1.06. The maximum atomic E-state index is 13.7. The minimum Gasteiger partial charge on any atom is -0.404 e. The van der Waals surface area contributed by atoms with Crippen LogP contribution in [0, 0.1) is 23.2 Å². The quantitative estimate of drug-likeness (QED) is 0.225. The van der Waals surface area contributed by atoms with E-state index in [9.17, 15) is 32.3 Å². The number of carbonyl (C=O) groups is 4. The molecule has 12 nitrogen and oxygen atoms in total. The first-order valence-electron chi connectivity index (χ1n) is 18.0. The van der Waals surface area contributed by atoms with E-state index in [1.165, 1.54) is 19.1 Å². The minimum atomic E-state index is -4.71. The summed E-state index contributed by atoms with van der Waals surface area (Å²) in [5, 5.41) is 17.2. The molecule has 16 heteroatoms. The fraction of sp³-hybridized carbons (Fsp3) is 0.568. The zero-order chi connectivity index (χ0) is 38.5. The fourth-order valence-corrected chi connectivity index (χ4v) is 8.13. The summed E-state index contributed by atoms with van der Waals surface area (Å²) in [7, 11) is -0.612. The van der Waals surface area contributed by atoms with Crippen LogP contribution in [0.1, 0.15) is 75.9 Å². The van der Waals surface area contributed by atoms with Gasteiger partial charge in [-0.3, -0.25) is 19.2 Å². The summed E-state index contributed by atoms with van der Waals surface area (Å²) in [6.07, 6.45) is -2.53. The van der Waals surface area contributed by atoms with Crippen molar-refractivity contribution in [3.05, 3.63) is 71.3 Å². The molecule has 1 saturated heterocycles. The van der Waals surface area contributed by atoms with Gasteiger partial charge in [0.1, 0.15) is 18.1 Å². The standard InChI is InChI=1S/C37H46BF3N6O6/c1-20(2)29(45-31(49)23-12-14-24(15-13-23)36(46-47-36)37(39,40)41)33(51)44-26(16-22-10-8-7-9-11-22)32(50)43-21(3)30(48)42-19-38-52-28-18-25-17-27(34(25,4)5)35(28,6)53-38/h7-15,20-21,25-29H,16-19H2,1-6H3,(H,42,48)(H,43,50)(H,44,51)(H,45,49)/t21-,25?,26-,27?,28+,29-,35-/m0/s1. The molecular weight excluding hydrogens is 692 g/mol. The van der Waals surface area contributed by atoms with Crippen LogP contribution in [0.15, 0.2) is 64.8 Å². The third-order valence-corrected chi connectivity index (χ3v) is 11.6. The number of halogens is 3. The molecule has 3 aliphatic carbocycles. The minimum absolute atomic E-state index is 0.0189. The Bertz CT molecular complexity index is 1750. The number of carbonyl (C=O) groups excluding carboxylic acids is 4. The second-order valence-electron chi connectivity index (χ2n) is 15.8. The summed E-state index contributed by atoms with van der Waals surface area (Å²) in [4.78, 5) is 53.6. The van der Waals surface area contributed by atoms with Gasteiger partial charge in [0.2, 0.25) is 17.7 Å². The van der Waals surface area contributed by atoms with E-state index in [0.717, 1.165) is 30.5 Å². The molecule has 4 N–H and O–H groups in total. The van der Waals surface area contributed by atoms with Gasteiger partial charge in [0.15, 0.2) is 0 Å². The summed E-state index contributed by atoms with van der Waals surface area (Å²) in [5.74, 6) is -1.90. The average Bonchev–Trinajstić information content (AvgIpc) is 3.86. The van der Waals surface area contributed by atoms with Crippen molar-refractivity contribution in [1.29, 1.82) is 0 Å². The van der Waals surface area contributed by atoms with Crippen LogP contribution in [0.2, 0.25) is 0 Å². The first-order valence-corrected chi connectivity index (χ1v) is 18.0. The topological polar surface area (TPSA) is 160 Å². The third kappa shape index (κ3) is 7.44. The maximum Gasteiger partial charge on any atom is 0.478 e. The Hall–Kier alpha value is -4.31. The lowest BCUT2D eigenvalue weighted by Crippen LogP contribution is -2.65. The van der Waals surface area contributed by atoms with Gasteiger partial charge in [-0.05, 0) is 67.6 Å². The molecule has 0 spiro atoms. The van der Waals surface area contributed by atoms with Crippen molar-refractivity contribution in [3.63, 3.8) is 0 Å². The van der Waals surface area contributed by atoms with Crippen LogP contribution in [0.5, 0.6) is 0 Å². The van der Waals surface area contributed by atoms with Gasteiger partial charge in [-0.1, -0.05) is 70.2 Å². The Labute approximate surface area is 306 Å². The van der Waals surface area contributed by atoms with Gasteiger partial charge in [0.05, 0.1) is 18.1 Å². The molecule has 7 rings (SSSR count). The Morgan fingerprint density at radius 3 is 2.13 bits per heavy atom. The normalized spacial score (nSPS) is 26.4. The molecule has 2 bridgehead atoms. The van der Waals surface area contributed by atoms with E-state index in [2.05, 4.69) is 52.3 Å². The van der Waals surface area contributed by atoms with E-state index in [-0.39, 0.29) is 35.5 Å². The molecule has 0 aromatic heterocycles.